The lowest BCUT2D eigenvalue weighted by Gasteiger charge is -2.28. The first kappa shape index (κ1) is 11.4. The zero-order chi connectivity index (χ0) is 11.5. The molecule has 0 amide bonds. The van der Waals surface area contributed by atoms with E-state index in [1.807, 2.05) is 0 Å². The topological polar surface area (TPSA) is 41.3 Å². The summed E-state index contributed by atoms with van der Waals surface area (Å²) in [6.45, 7) is 1.03. The summed E-state index contributed by atoms with van der Waals surface area (Å²) in [6.07, 6.45) is 2.13. The van der Waals surface area contributed by atoms with Gasteiger partial charge in [-0.15, -0.1) is 0 Å². The maximum Gasteiger partial charge on any atom is 0.0361 e. The van der Waals surface area contributed by atoms with E-state index in [0.717, 1.165) is 19.4 Å². The van der Waals surface area contributed by atoms with Crippen LogP contribution in [0.1, 0.15) is 24.4 Å². The van der Waals surface area contributed by atoms with Crippen LogP contribution >= 0.6 is 0 Å². The molecule has 0 aliphatic carbocycles. The smallest absolute Gasteiger partial charge is 0.0361 e. The van der Waals surface area contributed by atoms with Crippen LogP contribution in [0.25, 0.3) is 0 Å². The standard InChI is InChI=1S/C13H21N3/c1-16(2)12-5-3-10(4-6-12)13-9-11(14)7-8-15-13/h3-6,11,13,15H,7-9,14H2,1-2H3. The van der Waals surface area contributed by atoms with Gasteiger partial charge < -0.3 is 16.0 Å². The fourth-order valence-corrected chi connectivity index (χ4v) is 2.21. The van der Waals surface area contributed by atoms with Crippen LogP contribution in [0.15, 0.2) is 24.3 Å². The van der Waals surface area contributed by atoms with Crippen molar-refractivity contribution in [1.82, 2.24) is 5.32 Å². The van der Waals surface area contributed by atoms with Gasteiger partial charge in [0.1, 0.15) is 0 Å². The van der Waals surface area contributed by atoms with Crippen LogP contribution in [-0.4, -0.2) is 26.7 Å². The first-order chi connectivity index (χ1) is 7.66. The molecule has 1 fully saturated rings. The highest BCUT2D eigenvalue weighted by Crippen LogP contribution is 2.24. The van der Waals surface area contributed by atoms with E-state index in [0.29, 0.717) is 12.1 Å². The second kappa shape index (κ2) is 4.85. The lowest BCUT2D eigenvalue weighted by atomic mass is 9.94. The molecule has 88 valence electrons. The van der Waals surface area contributed by atoms with Gasteiger partial charge in [-0.05, 0) is 37.1 Å². The molecule has 0 bridgehead atoms. The van der Waals surface area contributed by atoms with E-state index < -0.39 is 0 Å². The van der Waals surface area contributed by atoms with Crippen molar-refractivity contribution >= 4 is 5.69 Å². The van der Waals surface area contributed by atoms with Crippen LogP contribution in [0.4, 0.5) is 5.69 Å². The van der Waals surface area contributed by atoms with Crippen molar-refractivity contribution in [2.45, 2.75) is 24.9 Å². The van der Waals surface area contributed by atoms with Crippen molar-refractivity contribution < 1.29 is 0 Å². The molecule has 3 nitrogen and oxygen atoms in total. The lowest BCUT2D eigenvalue weighted by Crippen LogP contribution is -2.38. The zero-order valence-corrected chi connectivity index (χ0v) is 10.1. The molecule has 0 spiro atoms. The number of anilines is 1. The Kier molecular flexibility index (Phi) is 3.46. The van der Waals surface area contributed by atoms with Gasteiger partial charge in [-0.25, -0.2) is 0 Å². The van der Waals surface area contributed by atoms with Gasteiger partial charge in [0.05, 0.1) is 0 Å². The molecule has 1 aliphatic rings. The molecule has 16 heavy (non-hydrogen) atoms. The van der Waals surface area contributed by atoms with E-state index in [-0.39, 0.29) is 0 Å². The minimum atomic E-state index is 0.347. The number of nitrogens with one attached hydrogen (secondary N) is 1. The molecule has 2 atom stereocenters. The Hall–Kier alpha value is -1.06. The van der Waals surface area contributed by atoms with E-state index in [4.69, 9.17) is 5.73 Å². The molecule has 0 radical (unpaired) electrons. The molecule has 0 saturated carbocycles. The first-order valence-corrected chi connectivity index (χ1v) is 5.93. The summed E-state index contributed by atoms with van der Waals surface area (Å²) in [5.74, 6) is 0. The van der Waals surface area contributed by atoms with Crippen molar-refractivity contribution in [3.05, 3.63) is 29.8 Å². The minimum absolute atomic E-state index is 0.347. The molecular formula is C13H21N3. The molecule has 1 aromatic carbocycles. The molecule has 2 rings (SSSR count). The van der Waals surface area contributed by atoms with Crippen LogP contribution in [0.2, 0.25) is 0 Å². The maximum atomic E-state index is 5.99. The number of benzene rings is 1. The highest BCUT2D eigenvalue weighted by Gasteiger charge is 2.19. The monoisotopic (exact) mass is 219 g/mol. The van der Waals surface area contributed by atoms with Gasteiger partial charge in [0, 0.05) is 31.9 Å². The second-order valence-corrected chi connectivity index (χ2v) is 4.78. The van der Waals surface area contributed by atoms with Gasteiger partial charge in [0.15, 0.2) is 0 Å². The fourth-order valence-electron chi connectivity index (χ4n) is 2.21. The largest absolute Gasteiger partial charge is 0.378 e. The Morgan fingerprint density at radius 2 is 1.94 bits per heavy atom. The van der Waals surface area contributed by atoms with Crippen molar-refractivity contribution in [3.8, 4) is 0 Å². The van der Waals surface area contributed by atoms with Crippen molar-refractivity contribution in [1.29, 1.82) is 0 Å². The lowest BCUT2D eigenvalue weighted by molar-refractivity contribution is 0.369. The molecule has 0 aromatic heterocycles. The molecule has 2 unspecified atom stereocenters. The van der Waals surface area contributed by atoms with Gasteiger partial charge >= 0.3 is 0 Å². The third-order valence-electron chi connectivity index (χ3n) is 3.26. The van der Waals surface area contributed by atoms with Gasteiger partial charge in [-0.3, -0.25) is 0 Å². The predicted octanol–water partition coefficient (Wildman–Crippen LogP) is 1.50. The Labute approximate surface area is 97.6 Å². The Balaban J connectivity index is 2.09. The molecule has 1 heterocycles. The third-order valence-corrected chi connectivity index (χ3v) is 3.26. The first-order valence-electron chi connectivity index (χ1n) is 5.93. The van der Waals surface area contributed by atoms with Crippen molar-refractivity contribution in [3.63, 3.8) is 0 Å². The number of nitrogens with two attached hydrogens (primary N) is 1. The van der Waals surface area contributed by atoms with Gasteiger partial charge in [-0.1, -0.05) is 12.1 Å². The number of hydrogen-bond donors (Lipinski definition) is 2. The number of hydrogen-bond acceptors (Lipinski definition) is 3. The summed E-state index contributed by atoms with van der Waals surface area (Å²) in [7, 11) is 4.12. The number of nitrogens with zero attached hydrogens (tertiary/aromatic N) is 1. The van der Waals surface area contributed by atoms with Crippen LogP contribution in [0.3, 0.4) is 0 Å². The summed E-state index contributed by atoms with van der Waals surface area (Å²) < 4.78 is 0. The fraction of sp³-hybridized carbons (Fsp3) is 0.538. The summed E-state index contributed by atoms with van der Waals surface area (Å²) in [4.78, 5) is 2.11. The quantitative estimate of drug-likeness (QED) is 0.792. The van der Waals surface area contributed by atoms with Gasteiger partial charge in [-0.2, -0.15) is 0 Å². The van der Waals surface area contributed by atoms with E-state index in [1.54, 1.807) is 0 Å². The Morgan fingerprint density at radius 1 is 1.25 bits per heavy atom. The summed E-state index contributed by atoms with van der Waals surface area (Å²) >= 11 is 0. The normalized spacial score (nSPS) is 25.4. The maximum absolute atomic E-state index is 5.99. The second-order valence-electron chi connectivity index (χ2n) is 4.78. The zero-order valence-electron chi connectivity index (χ0n) is 10.1. The van der Waals surface area contributed by atoms with E-state index in [9.17, 15) is 0 Å². The molecule has 1 saturated heterocycles. The summed E-state index contributed by atoms with van der Waals surface area (Å²) in [5, 5.41) is 3.52. The average Bonchev–Trinajstić information content (AvgIpc) is 2.29. The molecule has 1 aliphatic heterocycles. The molecule has 1 aromatic rings. The average molecular weight is 219 g/mol. The molecule has 3 heteroatoms. The highest BCUT2D eigenvalue weighted by atomic mass is 15.1. The number of rotatable bonds is 2. The Morgan fingerprint density at radius 3 is 2.50 bits per heavy atom. The summed E-state index contributed by atoms with van der Waals surface area (Å²) in [5.41, 5.74) is 8.58. The van der Waals surface area contributed by atoms with Crippen molar-refractivity contribution in [2.75, 3.05) is 25.5 Å². The highest BCUT2D eigenvalue weighted by molar-refractivity contribution is 5.46. The van der Waals surface area contributed by atoms with E-state index >= 15 is 0 Å². The van der Waals surface area contributed by atoms with E-state index in [2.05, 4.69) is 48.6 Å². The van der Waals surface area contributed by atoms with Crippen molar-refractivity contribution in [2.24, 2.45) is 5.73 Å². The predicted molar refractivity (Wildman–Crippen MR) is 68.7 cm³/mol. The van der Waals surface area contributed by atoms with Crippen LogP contribution in [0, 0.1) is 0 Å². The van der Waals surface area contributed by atoms with Crippen LogP contribution in [-0.2, 0) is 0 Å². The van der Waals surface area contributed by atoms with Gasteiger partial charge in [0.25, 0.3) is 0 Å². The SMILES string of the molecule is CN(C)c1ccc(C2CC(N)CCN2)cc1. The minimum Gasteiger partial charge on any atom is -0.378 e. The Bertz CT molecular complexity index is 332. The summed E-state index contributed by atoms with van der Waals surface area (Å²) in [6, 6.07) is 9.50. The van der Waals surface area contributed by atoms with Crippen LogP contribution < -0.4 is 16.0 Å². The van der Waals surface area contributed by atoms with E-state index in [1.165, 1.54) is 11.3 Å². The van der Waals surface area contributed by atoms with Crippen LogP contribution in [0.5, 0.6) is 0 Å². The number of piperidine rings is 1. The van der Waals surface area contributed by atoms with Gasteiger partial charge in [0.2, 0.25) is 0 Å². The molecular weight excluding hydrogens is 198 g/mol. The third kappa shape index (κ3) is 2.54. The molecule has 3 N–H and O–H groups in total.